The van der Waals surface area contributed by atoms with Gasteiger partial charge in [-0.3, -0.25) is 15.1 Å². The molecule has 7 heteroatoms. The first kappa shape index (κ1) is 21.6. The van der Waals surface area contributed by atoms with E-state index >= 15 is 0 Å². The first-order chi connectivity index (χ1) is 15.6. The number of methoxy groups -OCH3 is 1. The maximum atomic E-state index is 12.8. The maximum Gasteiger partial charge on any atom is 0.257 e. The average molecular weight is 491 g/mol. The molecule has 0 aliphatic rings. The standard InChI is InChI=1S/C25H23BrN4O2/c1-32-21-11-9-20(10-12-21)29-25(30-24(31)17-5-4-6-19(26)15-17)27-14-13-18-16-28-23-8-3-2-7-22(18)23/h2-12,15-16,28H,13-14H2,1H3,(H2,27,29,30,31). The zero-order valence-corrected chi connectivity index (χ0v) is 19.1. The number of benzene rings is 3. The van der Waals surface area contributed by atoms with Crippen LogP contribution in [0.15, 0.2) is 88.5 Å². The van der Waals surface area contributed by atoms with Crippen LogP contribution in [0.25, 0.3) is 10.9 Å². The topological polar surface area (TPSA) is 78.5 Å². The highest BCUT2D eigenvalue weighted by Gasteiger charge is 2.10. The summed E-state index contributed by atoms with van der Waals surface area (Å²) in [7, 11) is 1.62. The number of carbonyl (C=O) groups is 1. The highest BCUT2D eigenvalue weighted by Crippen LogP contribution is 2.18. The Morgan fingerprint density at radius 2 is 1.88 bits per heavy atom. The third-order valence-electron chi connectivity index (χ3n) is 5.00. The minimum absolute atomic E-state index is 0.238. The number of nitrogens with zero attached hydrogens (tertiary/aromatic N) is 1. The molecule has 0 unspecified atom stereocenters. The van der Waals surface area contributed by atoms with E-state index in [9.17, 15) is 4.79 Å². The van der Waals surface area contributed by atoms with Crippen LogP contribution in [0.1, 0.15) is 15.9 Å². The third-order valence-corrected chi connectivity index (χ3v) is 5.49. The lowest BCUT2D eigenvalue weighted by Gasteiger charge is -2.12. The van der Waals surface area contributed by atoms with E-state index in [4.69, 9.17) is 4.74 Å². The van der Waals surface area contributed by atoms with Crippen molar-refractivity contribution < 1.29 is 9.53 Å². The summed E-state index contributed by atoms with van der Waals surface area (Å²) in [5, 5.41) is 7.29. The minimum Gasteiger partial charge on any atom is -0.497 e. The van der Waals surface area contributed by atoms with E-state index in [2.05, 4.69) is 48.7 Å². The number of fused-ring (bicyclic) bond motifs is 1. The molecule has 0 bridgehead atoms. The fourth-order valence-electron chi connectivity index (χ4n) is 3.36. The summed E-state index contributed by atoms with van der Waals surface area (Å²) in [6.45, 7) is 0.513. The highest BCUT2D eigenvalue weighted by atomic mass is 79.9. The molecular weight excluding hydrogens is 468 g/mol. The number of aromatic amines is 1. The number of hydrogen-bond donors (Lipinski definition) is 3. The fraction of sp³-hybridized carbons (Fsp3) is 0.120. The van der Waals surface area contributed by atoms with E-state index in [1.807, 2.05) is 54.7 Å². The van der Waals surface area contributed by atoms with Crippen molar-refractivity contribution in [2.45, 2.75) is 6.42 Å². The van der Waals surface area contributed by atoms with Gasteiger partial charge in [0.05, 0.1) is 7.11 Å². The summed E-state index contributed by atoms with van der Waals surface area (Å²) in [6.07, 6.45) is 2.75. The molecule has 0 aliphatic carbocycles. The normalized spacial score (nSPS) is 11.4. The Morgan fingerprint density at radius 1 is 1.06 bits per heavy atom. The molecule has 1 amide bonds. The van der Waals surface area contributed by atoms with Crippen LogP contribution in [0, 0.1) is 0 Å². The Labute approximate surface area is 194 Å². The first-order valence-corrected chi connectivity index (χ1v) is 11.0. The zero-order valence-electron chi connectivity index (χ0n) is 17.6. The second kappa shape index (κ2) is 10.2. The van der Waals surface area contributed by atoms with Gasteiger partial charge in [0.1, 0.15) is 5.75 Å². The van der Waals surface area contributed by atoms with Crippen molar-refractivity contribution in [3.8, 4) is 5.75 Å². The van der Waals surface area contributed by atoms with Crippen LogP contribution in [0.5, 0.6) is 5.75 Å². The number of ether oxygens (including phenoxy) is 1. The molecule has 1 aromatic heterocycles. The number of nitrogens with one attached hydrogen (secondary N) is 3. The van der Waals surface area contributed by atoms with Crippen LogP contribution in [0.3, 0.4) is 0 Å². The molecule has 0 saturated carbocycles. The van der Waals surface area contributed by atoms with Crippen LogP contribution in [-0.4, -0.2) is 30.5 Å². The number of amides is 1. The minimum atomic E-state index is -0.238. The maximum absolute atomic E-state index is 12.8. The Balaban J connectivity index is 1.51. The van der Waals surface area contributed by atoms with Gasteiger partial charge in [-0.1, -0.05) is 40.2 Å². The fourth-order valence-corrected chi connectivity index (χ4v) is 3.76. The lowest BCUT2D eigenvalue weighted by molar-refractivity contribution is 0.0977. The number of aliphatic imine (C=N–C) groups is 1. The van der Waals surface area contributed by atoms with Crippen molar-refractivity contribution in [1.29, 1.82) is 0 Å². The van der Waals surface area contributed by atoms with Crippen LogP contribution in [-0.2, 0) is 6.42 Å². The van der Waals surface area contributed by atoms with E-state index in [0.29, 0.717) is 18.1 Å². The van der Waals surface area contributed by atoms with Crippen LogP contribution in [0.2, 0.25) is 0 Å². The molecule has 0 fully saturated rings. The van der Waals surface area contributed by atoms with E-state index in [0.717, 1.165) is 27.8 Å². The van der Waals surface area contributed by atoms with Gasteiger partial charge in [-0.2, -0.15) is 0 Å². The van der Waals surface area contributed by atoms with Crippen molar-refractivity contribution in [1.82, 2.24) is 10.3 Å². The van der Waals surface area contributed by atoms with E-state index in [-0.39, 0.29) is 5.91 Å². The molecule has 0 atom stereocenters. The molecule has 0 aliphatic heterocycles. The van der Waals surface area contributed by atoms with Crippen LogP contribution < -0.4 is 15.4 Å². The predicted octanol–water partition coefficient (Wildman–Crippen LogP) is 5.38. The Morgan fingerprint density at radius 3 is 2.66 bits per heavy atom. The van der Waals surface area contributed by atoms with E-state index in [1.54, 1.807) is 19.2 Å². The van der Waals surface area contributed by atoms with Gasteiger partial charge in [0.25, 0.3) is 5.91 Å². The van der Waals surface area contributed by atoms with Gasteiger partial charge in [0.15, 0.2) is 0 Å². The third kappa shape index (κ3) is 5.36. The quantitative estimate of drug-likeness (QED) is 0.250. The first-order valence-electron chi connectivity index (χ1n) is 10.2. The van der Waals surface area contributed by atoms with Crippen LogP contribution in [0.4, 0.5) is 5.69 Å². The molecular formula is C25H23BrN4O2. The lowest BCUT2D eigenvalue weighted by atomic mass is 10.1. The van der Waals surface area contributed by atoms with Crippen molar-refractivity contribution in [3.05, 3.63) is 94.6 Å². The van der Waals surface area contributed by atoms with Gasteiger partial charge < -0.3 is 15.0 Å². The molecule has 1 heterocycles. The van der Waals surface area contributed by atoms with Gasteiger partial charge in [0, 0.05) is 39.4 Å². The van der Waals surface area contributed by atoms with Crippen molar-refractivity contribution in [2.75, 3.05) is 19.0 Å². The highest BCUT2D eigenvalue weighted by molar-refractivity contribution is 9.10. The summed E-state index contributed by atoms with van der Waals surface area (Å²) in [4.78, 5) is 20.7. The summed E-state index contributed by atoms with van der Waals surface area (Å²) in [5.74, 6) is 0.907. The molecule has 0 spiro atoms. The predicted molar refractivity (Wildman–Crippen MR) is 133 cm³/mol. The summed E-state index contributed by atoms with van der Waals surface area (Å²) in [5.41, 5.74) is 3.63. The summed E-state index contributed by atoms with van der Waals surface area (Å²) < 4.78 is 6.05. The van der Waals surface area contributed by atoms with Crippen molar-refractivity contribution in [3.63, 3.8) is 0 Å². The number of hydrogen-bond acceptors (Lipinski definition) is 3. The number of halogens is 1. The zero-order chi connectivity index (χ0) is 22.3. The molecule has 4 aromatic rings. The lowest BCUT2D eigenvalue weighted by Crippen LogP contribution is -2.36. The smallest absolute Gasteiger partial charge is 0.257 e. The second-order valence-corrected chi connectivity index (χ2v) is 8.07. The monoisotopic (exact) mass is 490 g/mol. The summed E-state index contributed by atoms with van der Waals surface area (Å²) >= 11 is 3.41. The number of H-pyrrole nitrogens is 1. The molecule has 6 nitrogen and oxygen atoms in total. The van der Waals surface area contributed by atoms with E-state index < -0.39 is 0 Å². The molecule has 3 N–H and O–H groups in total. The Kier molecular flexibility index (Phi) is 6.87. The van der Waals surface area contributed by atoms with Gasteiger partial charge in [0.2, 0.25) is 5.96 Å². The van der Waals surface area contributed by atoms with Gasteiger partial charge in [-0.15, -0.1) is 0 Å². The van der Waals surface area contributed by atoms with E-state index in [1.165, 1.54) is 10.9 Å². The number of anilines is 1. The Bertz CT molecular complexity index is 1250. The molecule has 0 saturated heterocycles. The molecule has 0 radical (unpaired) electrons. The Hall–Kier alpha value is -3.58. The molecule has 32 heavy (non-hydrogen) atoms. The number of carbonyl (C=O) groups excluding carboxylic acids is 1. The number of guanidine groups is 1. The number of rotatable bonds is 6. The largest absolute Gasteiger partial charge is 0.497 e. The van der Waals surface area contributed by atoms with Gasteiger partial charge in [-0.25, -0.2) is 0 Å². The SMILES string of the molecule is COc1ccc(NC(=NCCc2c[nH]c3ccccc23)NC(=O)c2cccc(Br)c2)cc1. The second-order valence-electron chi connectivity index (χ2n) is 7.16. The van der Waals surface area contributed by atoms with Gasteiger partial charge >= 0.3 is 0 Å². The summed E-state index contributed by atoms with van der Waals surface area (Å²) in [6, 6.07) is 22.9. The van der Waals surface area contributed by atoms with Crippen molar-refractivity contribution in [2.24, 2.45) is 4.99 Å². The molecule has 3 aromatic carbocycles. The van der Waals surface area contributed by atoms with Crippen molar-refractivity contribution >= 4 is 44.4 Å². The average Bonchev–Trinajstić information content (AvgIpc) is 3.22. The molecule has 4 rings (SSSR count). The number of aromatic nitrogens is 1. The van der Waals surface area contributed by atoms with Gasteiger partial charge in [-0.05, 0) is 60.5 Å². The number of para-hydroxylation sites is 1. The molecule has 162 valence electrons. The van der Waals surface area contributed by atoms with Crippen LogP contribution >= 0.6 is 15.9 Å².